The summed E-state index contributed by atoms with van der Waals surface area (Å²) in [6, 6.07) is 0. The molecule has 0 bridgehead atoms. The molecule has 0 amide bonds. The third-order valence-electron chi connectivity index (χ3n) is 2.27. The molecule has 0 aliphatic rings. The first-order valence-corrected chi connectivity index (χ1v) is 4.91. The monoisotopic (exact) mass is 257 g/mol. The number of carbonyl (C=O) groups is 1. The summed E-state index contributed by atoms with van der Waals surface area (Å²) in [5.41, 5.74) is -0.804. The maximum absolute atomic E-state index is 12.8. The first kappa shape index (κ1) is 12.1. The second kappa shape index (κ2) is 4.51. The average molecular weight is 257 g/mol. The summed E-state index contributed by atoms with van der Waals surface area (Å²) in [6.07, 6.45) is 0.150. The van der Waals surface area contributed by atoms with Gasteiger partial charge in [-0.2, -0.15) is 5.10 Å². The van der Waals surface area contributed by atoms with Crippen molar-refractivity contribution in [2.75, 3.05) is 0 Å². The number of hydrogen-bond donors (Lipinski definition) is 1. The number of carboxylic acids is 1. The van der Waals surface area contributed by atoms with Gasteiger partial charge in [0.1, 0.15) is 5.69 Å². The summed E-state index contributed by atoms with van der Waals surface area (Å²) in [5, 5.41) is 19.3. The smallest absolute Gasteiger partial charge is 0.358 e. The predicted molar refractivity (Wildman–Crippen MR) is 54.2 cm³/mol. The molecule has 0 saturated heterocycles. The van der Waals surface area contributed by atoms with Crippen molar-refractivity contribution in [2.24, 2.45) is 7.05 Å². The van der Waals surface area contributed by atoms with E-state index in [1.807, 2.05) is 0 Å². The van der Waals surface area contributed by atoms with E-state index in [0.29, 0.717) is 5.56 Å². The number of carboxylic acid groups (broad SMARTS) is 1. The Balaban J connectivity index is 2.36. The van der Waals surface area contributed by atoms with Crippen LogP contribution in [0.2, 0.25) is 0 Å². The van der Waals surface area contributed by atoms with E-state index >= 15 is 0 Å². The van der Waals surface area contributed by atoms with E-state index in [4.69, 9.17) is 5.11 Å². The SMILES string of the molecule is Cn1cc(Cn2nnc(C(=O)O)c2C(F)F)cn1. The second-order valence-corrected chi connectivity index (χ2v) is 3.61. The van der Waals surface area contributed by atoms with Crippen LogP contribution in [0.3, 0.4) is 0 Å². The minimum Gasteiger partial charge on any atom is -0.476 e. The topological polar surface area (TPSA) is 85.8 Å². The Labute approximate surface area is 99.6 Å². The molecule has 0 atom stereocenters. The molecule has 0 aliphatic heterocycles. The van der Waals surface area contributed by atoms with Gasteiger partial charge in [0.15, 0.2) is 5.69 Å². The number of alkyl halides is 2. The zero-order chi connectivity index (χ0) is 13.3. The van der Waals surface area contributed by atoms with Gasteiger partial charge in [-0.15, -0.1) is 5.10 Å². The van der Waals surface area contributed by atoms with Gasteiger partial charge in [-0.05, 0) is 0 Å². The number of aromatic carboxylic acids is 1. The van der Waals surface area contributed by atoms with Crippen LogP contribution in [0.25, 0.3) is 0 Å². The molecule has 2 aromatic heterocycles. The van der Waals surface area contributed by atoms with Crippen molar-refractivity contribution in [2.45, 2.75) is 13.0 Å². The highest BCUT2D eigenvalue weighted by atomic mass is 19.3. The van der Waals surface area contributed by atoms with E-state index in [1.54, 1.807) is 13.2 Å². The van der Waals surface area contributed by atoms with Crippen LogP contribution in [0.4, 0.5) is 8.78 Å². The van der Waals surface area contributed by atoms with Gasteiger partial charge in [-0.1, -0.05) is 5.21 Å². The molecular weight excluding hydrogens is 248 g/mol. The number of aryl methyl sites for hydroxylation is 1. The Bertz CT molecular complexity index is 577. The molecule has 2 heterocycles. The molecule has 7 nitrogen and oxygen atoms in total. The average Bonchev–Trinajstić information content (AvgIpc) is 2.85. The van der Waals surface area contributed by atoms with Gasteiger partial charge < -0.3 is 5.11 Å². The Hall–Kier alpha value is -2.32. The van der Waals surface area contributed by atoms with Gasteiger partial charge in [0.25, 0.3) is 6.43 Å². The normalized spacial score (nSPS) is 11.1. The van der Waals surface area contributed by atoms with Crippen molar-refractivity contribution in [3.63, 3.8) is 0 Å². The van der Waals surface area contributed by atoms with Crippen molar-refractivity contribution < 1.29 is 18.7 Å². The van der Waals surface area contributed by atoms with E-state index in [2.05, 4.69) is 15.4 Å². The van der Waals surface area contributed by atoms with Crippen molar-refractivity contribution >= 4 is 5.97 Å². The molecule has 0 aliphatic carbocycles. The fourth-order valence-corrected chi connectivity index (χ4v) is 1.53. The van der Waals surface area contributed by atoms with Crippen molar-refractivity contribution in [1.82, 2.24) is 24.8 Å². The molecule has 18 heavy (non-hydrogen) atoms. The Kier molecular flexibility index (Phi) is 3.04. The van der Waals surface area contributed by atoms with Crippen molar-refractivity contribution in [3.05, 3.63) is 29.3 Å². The lowest BCUT2D eigenvalue weighted by Gasteiger charge is -2.04. The summed E-state index contributed by atoms with van der Waals surface area (Å²) in [5.74, 6) is -1.53. The third-order valence-corrected chi connectivity index (χ3v) is 2.27. The van der Waals surface area contributed by atoms with Gasteiger partial charge >= 0.3 is 5.97 Å². The largest absolute Gasteiger partial charge is 0.476 e. The molecule has 1 N–H and O–H groups in total. The Morgan fingerprint density at radius 3 is 2.78 bits per heavy atom. The van der Waals surface area contributed by atoms with Crippen LogP contribution in [0, 0.1) is 0 Å². The summed E-state index contributed by atoms with van der Waals surface area (Å²) in [7, 11) is 1.68. The quantitative estimate of drug-likeness (QED) is 0.871. The summed E-state index contributed by atoms with van der Waals surface area (Å²) < 4.78 is 28.0. The summed E-state index contributed by atoms with van der Waals surface area (Å²) in [4.78, 5) is 10.7. The Morgan fingerprint density at radius 2 is 2.28 bits per heavy atom. The van der Waals surface area contributed by atoms with E-state index in [1.165, 1.54) is 10.9 Å². The molecule has 9 heteroatoms. The highest BCUT2D eigenvalue weighted by molar-refractivity contribution is 5.86. The first-order valence-electron chi connectivity index (χ1n) is 4.91. The van der Waals surface area contributed by atoms with Crippen molar-refractivity contribution in [1.29, 1.82) is 0 Å². The maximum atomic E-state index is 12.8. The molecule has 2 aromatic rings. The predicted octanol–water partition coefficient (Wildman–Crippen LogP) is 0.696. The lowest BCUT2D eigenvalue weighted by molar-refractivity contribution is 0.0675. The van der Waals surface area contributed by atoms with Gasteiger partial charge in [0.2, 0.25) is 0 Å². The van der Waals surface area contributed by atoms with Crippen molar-refractivity contribution in [3.8, 4) is 0 Å². The van der Waals surface area contributed by atoms with Crippen LogP contribution >= 0.6 is 0 Å². The van der Waals surface area contributed by atoms with Crippen LogP contribution < -0.4 is 0 Å². The number of nitrogens with zero attached hydrogens (tertiary/aromatic N) is 5. The highest BCUT2D eigenvalue weighted by Gasteiger charge is 2.26. The van der Waals surface area contributed by atoms with Gasteiger partial charge in [-0.25, -0.2) is 18.3 Å². The van der Waals surface area contributed by atoms with Crippen LogP contribution in [-0.4, -0.2) is 35.9 Å². The van der Waals surface area contributed by atoms with Gasteiger partial charge in [-0.3, -0.25) is 4.68 Å². The fourth-order valence-electron chi connectivity index (χ4n) is 1.53. The third kappa shape index (κ3) is 2.19. The summed E-state index contributed by atoms with van der Waals surface area (Å²) >= 11 is 0. The van der Waals surface area contributed by atoms with Gasteiger partial charge in [0, 0.05) is 18.8 Å². The number of rotatable bonds is 4. The van der Waals surface area contributed by atoms with Crippen LogP contribution in [-0.2, 0) is 13.6 Å². The van der Waals surface area contributed by atoms with Crippen LogP contribution in [0.15, 0.2) is 12.4 Å². The molecule has 0 radical (unpaired) electrons. The second-order valence-electron chi connectivity index (χ2n) is 3.61. The minimum atomic E-state index is -2.96. The highest BCUT2D eigenvalue weighted by Crippen LogP contribution is 2.22. The molecule has 0 unspecified atom stereocenters. The first-order chi connectivity index (χ1) is 8.49. The van der Waals surface area contributed by atoms with E-state index in [-0.39, 0.29) is 6.54 Å². The van der Waals surface area contributed by atoms with Crippen LogP contribution in [0.1, 0.15) is 28.2 Å². The zero-order valence-corrected chi connectivity index (χ0v) is 9.29. The maximum Gasteiger partial charge on any atom is 0.358 e. The fraction of sp³-hybridized carbons (Fsp3) is 0.333. The molecule has 0 saturated carbocycles. The number of aromatic nitrogens is 5. The molecular formula is C9H9F2N5O2. The lowest BCUT2D eigenvalue weighted by atomic mass is 10.3. The molecule has 96 valence electrons. The van der Waals surface area contributed by atoms with Gasteiger partial charge in [0.05, 0.1) is 12.7 Å². The standard InChI is InChI=1S/C9H9F2N5O2/c1-15-3-5(2-12-15)4-16-7(8(10)11)6(9(17)18)13-14-16/h2-3,8H,4H2,1H3,(H,17,18). The molecule has 0 fully saturated rings. The zero-order valence-electron chi connectivity index (χ0n) is 9.29. The number of hydrogen-bond acceptors (Lipinski definition) is 4. The molecule has 0 spiro atoms. The van der Waals surface area contributed by atoms with E-state index in [0.717, 1.165) is 4.68 Å². The Morgan fingerprint density at radius 1 is 1.56 bits per heavy atom. The molecule has 2 rings (SSSR count). The van der Waals surface area contributed by atoms with E-state index in [9.17, 15) is 13.6 Å². The minimum absolute atomic E-state index is 0.00616. The van der Waals surface area contributed by atoms with Crippen LogP contribution in [0.5, 0.6) is 0 Å². The number of halogens is 2. The van der Waals surface area contributed by atoms with E-state index < -0.39 is 23.8 Å². The molecule has 0 aromatic carbocycles. The lowest BCUT2D eigenvalue weighted by Crippen LogP contribution is -2.09. The summed E-state index contributed by atoms with van der Waals surface area (Å²) in [6.45, 7) is -0.00616.